The topological polar surface area (TPSA) is 60.7 Å². The van der Waals surface area contributed by atoms with Gasteiger partial charge in [0.05, 0.1) is 24.8 Å². The molecule has 5 heteroatoms. The molecule has 0 bridgehead atoms. The van der Waals surface area contributed by atoms with Gasteiger partial charge in [0.25, 0.3) is 0 Å². The highest BCUT2D eigenvalue weighted by atomic mass is 16.5. The number of nitrogens with zero attached hydrogens (tertiary/aromatic N) is 1. The van der Waals surface area contributed by atoms with Crippen LogP contribution in [0.25, 0.3) is 10.9 Å². The predicted molar refractivity (Wildman–Crippen MR) is 91.4 cm³/mol. The van der Waals surface area contributed by atoms with Crippen LogP contribution < -0.4 is 4.74 Å². The standard InChI is InChI=1S/C19H19NO4/c1-23-19(22)17-4-2-3-15-9-10-20(18(15)17)13-14-5-7-16(8-6-14)24-12-11-21/h2-10,21H,11-13H2,1H3. The van der Waals surface area contributed by atoms with Gasteiger partial charge in [0.2, 0.25) is 0 Å². The molecule has 3 aromatic rings. The molecule has 0 saturated carbocycles. The molecule has 0 amide bonds. The van der Waals surface area contributed by atoms with E-state index in [9.17, 15) is 4.79 Å². The van der Waals surface area contributed by atoms with Crippen molar-refractivity contribution in [3.05, 3.63) is 65.9 Å². The molecule has 0 saturated heterocycles. The zero-order valence-electron chi connectivity index (χ0n) is 13.4. The van der Waals surface area contributed by atoms with Crippen molar-refractivity contribution in [2.75, 3.05) is 20.3 Å². The lowest BCUT2D eigenvalue weighted by molar-refractivity contribution is 0.0602. The number of esters is 1. The molecule has 1 aromatic heterocycles. The maximum absolute atomic E-state index is 12.0. The molecule has 2 aromatic carbocycles. The fraction of sp³-hybridized carbons (Fsp3) is 0.211. The number of hydrogen-bond donors (Lipinski definition) is 1. The van der Waals surface area contributed by atoms with E-state index in [2.05, 4.69) is 0 Å². The first-order chi connectivity index (χ1) is 11.7. The summed E-state index contributed by atoms with van der Waals surface area (Å²) < 4.78 is 12.3. The van der Waals surface area contributed by atoms with Gasteiger partial charge in [-0.25, -0.2) is 4.79 Å². The van der Waals surface area contributed by atoms with Gasteiger partial charge in [-0.05, 0) is 29.8 Å². The summed E-state index contributed by atoms with van der Waals surface area (Å²) in [6.45, 7) is 0.912. The van der Waals surface area contributed by atoms with Crippen LogP contribution in [0, 0.1) is 0 Å². The smallest absolute Gasteiger partial charge is 0.340 e. The quantitative estimate of drug-likeness (QED) is 0.708. The number of ether oxygens (including phenoxy) is 2. The van der Waals surface area contributed by atoms with Crippen molar-refractivity contribution in [2.24, 2.45) is 0 Å². The molecule has 24 heavy (non-hydrogen) atoms. The van der Waals surface area contributed by atoms with E-state index in [0.29, 0.717) is 12.1 Å². The van der Waals surface area contributed by atoms with E-state index in [-0.39, 0.29) is 19.2 Å². The van der Waals surface area contributed by atoms with Crippen LogP contribution in [0.2, 0.25) is 0 Å². The number of para-hydroxylation sites is 1. The Morgan fingerprint density at radius 3 is 2.62 bits per heavy atom. The predicted octanol–water partition coefficient (Wildman–Crippen LogP) is 2.85. The van der Waals surface area contributed by atoms with Gasteiger partial charge in [-0.15, -0.1) is 0 Å². The Kier molecular flexibility index (Phi) is 4.82. The van der Waals surface area contributed by atoms with Crippen LogP contribution in [0.3, 0.4) is 0 Å². The molecule has 0 atom stereocenters. The molecule has 3 rings (SSSR count). The first-order valence-corrected chi connectivity index (χ1v) is 7.71. The number of aromatic nitrogens is 1. The van der Waals surface area contributed by atoms with Crippen LogP contribution in [0.4, 0.5) is 0 Å². The number of aliphatic hydroxyl groups is 1. The highest BCUT2D eigenvalue weighted by Crippen LogP contribution is 2.23. The van der Waals surface area contributed by atoms with Gasteiger partial charge in [0.1, 0.15) is 12.4 Å². The number of carbonyl (C=O) groups excluding carboxylic acids is 1. The van der Waals surface area contributed by atoms with E-state index in [1.807, 2.05) is 53.2 Å². The Labute approximate surface area is 140 Å². The van der Waals surface area contributed by atoms with E-state index in [0.717, 1.165) is 22.2 Å². The molecule has 0 spiro atoms. The average Bonchev–Trinajstić information content (AvgIpc) is 3.03. The van der Waals surface area contributed by atoms with E-state index in [4.69, 9.17) is 14.6 Å². The number of benzene rings is 2. The van der Waals surface area contributed by atoms with Crippen LogP contribution >= 0.6 is 0 Å². The van der Waals surface area contributed by atoms with Crippen molar-refractivity contribution >= 4 is 16.9 Å². The summed E-state index contributed by atoms with van der Waals surface area (Å²) in [5.74, 6) is 0.383. The first kappa shape index (κ1) is 16.1. The summed E-state index contributed by atoms with van der Waals surface area (Å²) in [5.41, 5.74) is 2.51. The zero-order valence-corrected chi connectivity index (χ0v) is 13.4. The number of carbonyl (C=O) groups is 1. The molecule has 1 heterocycles. The van der Waals surface area contributed by atoms with E-state index < -0.39 is 0 Å². The molecular weight excluding hydrogens is 306 g/mol. The van der Waals surface area contributed by atoms with Crippen molar-refractivity contribution in [1.82, 2.24) is 4.57 Å². The Hall–Kier alpha value is -2.79. The second kappa shape index (κ2) is 7.19. The average molecular weight is 325 g/mol. The van der Waals surface area contributed by atoms with Crippen LogP contribution in [-0.4, -0.2) is 36.0 Å². The third-order valence-electron chi connectivity index (χ3n) is 3.83. The molecule has 124 valence electrons. The maximum atomic E-state index is 12.0. The Morgan fingerprint density at radius 2 is 1.92 bits per heavy atom. The van der Waals surface area contributed by atoms with E-state index in [1.165, 1.54) is 7.11 Å². The lowest BCUT2D eigenvalue weighted by Crippen LogP contribution is -2.06. The second-order valence-corrected chi connectivity index (χ2v) is 5.39. The van der Waals surface area contributed by atoms with Gasteiger partial charge in [-0.1, -0.05) is 24.3 Å². The van der Waals surface area contributed by atoms with Crippen molar-refractivity contribution < 1.29 is 19.4 Å². The number of hydrogen-bond acceptors (Lipinski definition) is 4. The molecule has 0 aliphatic rings. The maximum Gasteiger partial charge on any atom is 0.340 e. The van der Waals surface area contributed by atoms with Gasteiger partial charge >= 0.3 is 5.97 Å². The second-order valence-electron chi connectivity index (χ2n) is 5.39. The third kappa shape index (κ3) is 3.26. The SMILES string of the molecule is COC(=O)c1cccc2ccn(Cc3ccc(OCCO)cc3)c12. The Morgan fingerprint density at radius 1 is 1.12 bits per heavy atom. The molecule has 0 aliphatic carbocycles. The summed E-state index contributed by atoms with van der Waals surface area (Å²) in [6.07, 6.45) is 1.97. The summed E-state index contributed by atoms with van der Waals surface area (Å²) in [7, 11) is 1.39. The molecule has 0 unspecified atom stereocenters. The third-order valence-corrected chi connectivity index (χ3v) is 3.83. The summed E-state index contributed by atoms with van der Waals surface area (Å²) in [5, 5.41) is 9.78. The Bertz CT molecular complexity index is 836. The minimum atomic E-state index is -0.340. The monoisotopic (exact) mass is 325 g/mol. The van der Waals surface area contributed by atoms with Crippen molar-refractivity contribution in [3.8, 4) is 5.75 Å². The van der Waals surface area contributed by atoms with Crippen LogP contribution in [0.15, 0.2) is 54.7 Å². The molecule has 0 fully saturated rings. The van der Waals surface area contributed by atoms with Gasteiger partial charge < -0.3 is 19.1 Å². The lowest BCUT2D eigenvalue weighted by atomic mass is 10.1. The van der Waals surface area contributed by atoms with Crippen molar-refractivity contribution in [3.63, 3.8) is 0 Å². The van der Waals surface area contributed by atoms with Gasteiger partial charge in [0, 0.05) is 18.1 Å². The van der Waals surface area contributed by atoms with Crippen LogP contribution in [-0.2, 0) is 11.3 Å². The minimum Gasteiger partial charge on any atom is -0.491 e. The fourth-order valence-corrected chi connectivity index (χ4v) is 2.72. The van der Waals surface area contributed by atoms with Crippen LogP contribution in [0.5, 0.6) is 5.75 Å². The fourth-order valence-electron chi connectivity index (χ4n) is 2.72. The van der Waals surface area contributed by atoms with Crippen molar-refractivity contribution in [1.29, 1.82) is 0 Å². The minimum absolute atomic E-state index is 0.00653. The van der Waals surface area contributed by atoms with E-state index >= 15 is 0 Å². The van der Waals surface area contributed by atoms with Crippen molar-refractivity contribution in [2.45, 2.75) is 6.54 Å². The molecular formula is C19H19NO4. The number of rotatable bonds is 6. The number of fused-ring (bicyclic) bond motifs is 1. The molecule has 0 radical (unpaired) electrons. The highest BCUT2D eigenvalue weighted by molar-refractivity contribution is 6.03. The van der Waals surface area contributed by atoms with Gasteiger partial charge in [-0.2, -0.15) is 0 Å². The van der Waals surface area contributed by atoms with E-state index in [1.54, 1.807) is 6.07 Å². The van der Waals surface area contributed by atoms with Crippen LogP contribution in [0.1, 0.15) is 15.9 Å². The number of methoxy groups -OCH3 is 1. The first-order valence-electron chi connectivity index (χ1n) is 7.71. The summed E-state index contributed by atoms with van der Waals surface area (Å²) in [6, 6.07) is 15.3. The summed E-state index contributed by atoms with van der Waals surface area (Å²) in [4.78, 5) is 12.0. The zero-order chi connectivity index (χ0) is 16.9. The summed E-state index contributed by atoms with van der Waals surface area (Å²) >= 11 is 0. The van der Waals surface area contributed by atoms with Gasteiger partial charge in [-0.3, -0.25) is 0 Å². The Balaban J connectivity index is 1.89. The highest BCUT2D eigenvalue weighted by Gasteiger charge is 2.13. The number of aliphatic hydroxyl groups excluding tert-OH is 1. The van der Waals surface area contributed by atoms with Gasteiger partial charge in [0.15, 0.2) is 0 Å². The molecule has 1 N–H and O–H groups in total. The molecule has 5 nitrogen and oxygen atoms in total. The normalized spacial score (nSPS) is 10.8. The lowest BCUT2D eigenvalue weighted by Gasteiger charge is -2.10. The molecule has 0 aliphatic heterocycles. The largest absolute Gasteiger partial charge is 0.491 e.